The number of aliphatic hydroxyl groups excluding tert-OH is 1. The summed E-state index contributed by atoms with van der Waals surface area (Å²) >= 11 is 0. The van der Waals surface area contributed by atoms with Crippen LogP contribution in [-0.4, -0.2) is 37.5 Å². The van der Waals surface area contributed by atoms with Gasteiger partial charge in [-0.3, -0.25) is 4.98 Å². The van der Waals surface area contributed by atoms with Gasteiger partial charge in [-0.05, 0) is 31.2 Å². The zero-order valence-corrected chi connectivity index (χ0v) is 14.9. The van der Waals surface area contributed by atoms with Crippen LogP contribution in [-0.2, 0) is 16.0 Å². The van der Waals surface area contributed by atoms with Crippen molar-refractivity contribution in [2.24, 2.45) is 0 Å². The Morgan fingerprint density at radius 1 is 1.23 bits per heavy atom. The van der Waals surface area contributed by atoms with Gasteiger partial charge in [-0.2, -0.15) is 13.2 Å². The zero-order valence-electron chi connectivity index (χ0n) is 14.1. The van der Waals surface area contributed by atoms with Crippen LogP contribution in [0.1, 0.15) is 18.9 Å². The number of nitrogens with zero attached hydrogens (tertiary/aromatic N) is 1. The van der Waals surface area contributed by atoms with Crippen LogP contribution in [0.25, 0.3) is 11.3 Å². The molecule has 0 aliphatic heterocycles. The minimum atomic E-state index is -4.52. The highest BCUT2D eigenvalue weighted by Gasteiger charge is 2.31. The van der Waals surface area contributed by atoms with Gasteiger partial charge in [0.1, 0.15) is 10.6 Å². The molecule has 0 radical (unpaired) electrons. The summed E-state index contributed by atoms with van der Waals surface area (Å²) in [6.07, 6.45) is -3.21. The molecule has 0 aliphatic rings. The first-order valence-electron chi connectivity index (χ1n) is 7.67. The Morgan fingerprint density at radius 2 is 1.92 bits per heavy atom. The SMILES string of the molecule is CC(O)CCOc1c(-c2ccc(C(F)(F)F)cn2)cccc1S(C)(=O)=O. The molecule has 0 bridgehead atoms. The lowest BCUT2D eigenvalue weighted by Gasteiger charge is -2.16. The maximum absolute atomic E-state index is 12.7. The highest BCUT2D eigenvalue weighted by molar-refractivity contribution is 7.90. The van der Waals surface area contributed by atoms with Crippen molar-refractivity contribution in [3.05, 3.63) is 42.1 Å². The monoisotopic (exact) mass is 389 g/mol. The number of ether oxygens (including phenoxy) is 1. The number of alkyl halides is 3. The summed E-state index contributed by atoms with van der Waals surface area (Å²) in [5.74, 6) is 0.00269. The van der Waals surface area contributed by atoms with Gasteiger partial charge >= 0.3 is 6.18 Å². The number of hydrogen-bond acceptors (Lipinski definition) is 5. The Hall–Kier alpha value is -2.13. The fraction of sp³-hybridized carbons (Fsp3) is 0.353. The Labute approximate surface area is 149 Å². The molecule has 142 valence electrons. The predicted molar refractivity (Wildman–Crippen MR) is 89.6 cm³/mol. The van der Waals surface area contributed by atoms with Gasteiger partial charge in [0, 0.05) is 24.4 Å². The van der Waals surface area contributed by atoms with Gasteiger partial charge in [-0.1, -0.05) is 6.07 Å². The van der Waals surface area contributed by atoms with E-state index in [0.29, 0.717) is 6.20 Å². The summed E-state index contributed by atoms with van der Waals surface area (Å²) in [7, 11) is -3.64. The van der Waals surface area contributed by atoms with E-state index in [2.05, 4.69) is 4.98 Å². The normalized spacial score (nSPS) is 13.5. The summed E-state index contributed by atoms with van der Waals surface area (Å²) in [4.78, 5) is 3.70. The molecule has 0 saturated carbocycles. The fourth-order valence-electron chi connectivity index (χ4n) is 2.21. The van der Waals surface area contributed by atoms with Crippen molar-refractivity contribution in [1.29, 1.82) is 0 Å². The number of benzene rings is 1. The lowest BCUT2D eigenvalue weighted by Crippen LogP contribution is -2.11. The zero-order chi connectivity index (χ0) is 19.5. The number of aromatic nitrogens is 1. The number of hydrogen-bond donors (Lipinski definition) is 1. The van der Waals surface area contributed by atoms with Gasteiger partial charge < -0.3 is 9.84 Å². The van der Waals surface area contributed by atoms with Crippen LogP contribution >= 0.6 is 0 Å². The summed E-state index contributed by atoms with van der Waals surface area (Å²) in [5.41, 5.74) is -0.500. The first kappa shape index (κ1) is 20.2. The molecule has 2 rings (SSSR count). The molecule has 1 aromatic carbocycles. The molecule has 1 heterocycles. The average molecular weight is 389 g/mol. The van der Waals surface area contributed by atoms with E-state index in [4.69, 9.17) is 4.74 Å². The Morgan fingerprint density at radius 3 is 2.42 bits per heavy atom. The molecule has 0 fully saturated rings. The average Bonchev–Trinajstić information content (AvgIpc) is 2.53. The van der Waals surface area contributed by atoms with Crippen molar-refractivity contribution in [2.75, 3.05) is 12.9 Å². The second-order valence-electron chi connectivity index (χ2n) is 5.82. The lowest BCUT2D eigenvalue weighted by molar-refractivity contribution is -0.137. The quantitative estimate of drug-likeness (QED) is 0.820. The molecule has 1 atom stereocenters. The van der Waals surface area contributed by atoms with E-state index in [1.54, 1.807) is 6.92 Å². The van der Waals surface area contributed by atoms with Crippen LogP contribution in [0.2, 0.25) is 0 Å². The van der Waals surface area contributed by atoms with E-state index in [0.717, 1.165) is 18.4 Å². The molecule has 5 nitrogen and oxygen atoms in total. The van der Waals surface area contributed by atoms with Gasteiger partial charge in [0.25, 0.3) is 0 Å². The second kappa shape index (κ2) is 7.63. The van der Waals surface area contributed by atoms with E-state index < -0.39 is 27.7 Å². The third kappa shape index (κ3) is 4.95. The van der Waals surface area contributed by atoms with Gasteiger partial charge in [0.2, 0.25) is 0 Å². The van der Waals surface area contributed by atoms with E-state index in [-0.39, 0.29) is 34.9 Å². The molecule has 0 amide bonds. The maximum atomic E-state index is 12.7. The highest BCUT2D eigenvalue weighted by atomic mass is 32.2. The van der Waals surface area contributed by atoms with Crippen molar-refractivity contribution in [2.45, 2.75) is 30.5 Å². The van der Waals surface area contributed by atoms with Crippen LogP contribution < -0.4 is 4.74 Å². The van der Waals surface area contributed by atoms with Crippen LogP contribution in [0, 0.1) is 0 Å². The van der Waals surface area contributed by atoms with Crippen molar-refractivity contribution in [1.82, 2.24) is 4.98 Å². The topological polar surface area (TPSA) is 76.5 Å². The number of pyridine rings is 1. The van der Waals surface area contributed by atoms with Crippen LogP contribution in [0.15, 0.2) is 41.4 Å². The molecule has 0 spiro atoms. The van der Waals surface area contributed by atoms with E-state index >= 15 is 0 Å². The van der Waals surface area contributed by atoms with Crippen LogP contribution in [0.4, 0.5) is 13.2 Å². The van der Waals surface area contributed by atoms with Crippen molar-refractivity contribution < 1.29 is 31.4 Å². The number of rotatable bonds is 6. The predicted octanol–water partition coefficient (Wildman–Crippen LogP) is 3.32. The van der Waals surface area contributed by atoms with E-state index in [9.17, 15) is 26.7 Å². The first-order chi connectivity index (χ1) is 12.0. The summed E-state index contributed by atoms with van der Waals surface area (Å²) in [6, 6.07) is 6.36. The molecule has 2 aromatic rings. The molecule has 1 unspecified atom stereocenters. The van der Waals surface area contributed by atoms with Crippen LogP contribution in [0.5, 0.6) is 5.75 Å². The number of para-hydroxylation sites is 1. The molecule has 26 heavy (non-hydrogen) atoms. The van der Waals surface area contributed by atoms with Crippen molar-refractivity contribution in [3.8, 4) is 17.0 Å². The van der Waals surface area contributed by atoms with Crippen LogP contribution in [0.3, 0.4) is 0 Å². The standard InChI is InChI=1S/C17H18F3NO4S/c1-11(22)8-9-25-16-13(4-3-5-15(16)26(2,23)24)14-7-6-12(10-21-14)17(18,19)20/h3-7,10-11,22H,8-9H2,1-2H3. The second-order valence-corrected chi connectivity index (χ2v) is 7.81. The first-order valence-corrected chi connectivity index (χ1v) is 9.57. The minimum Gasteiger partial charge on any atom is -0.491 e. The summed E-state index contributed by atoms with van der Waals surface area (Å²) < 4.78 is 67.7. The Balaban J connectivity index is 2.50. The lowest BCUT2D eigenvalue weighted by atomic mass is 10.1. The smallest absolute Gasteiger partial charge is 0.417 e. The Bertz CT molecular complexity index is 863. The fourth-order valence-corrected chi connectivity index (χ4v) is 3.04. The molecule has 0 saturated heterocycles. The van der Waals surface area contributed by atoms with Gasteiger partial charge in [0.05, 0.1) is 24.0 Å². The minimum absolute atomic E-state index is 0.00269. The maximum Gasteiger partial charge on any atom is 0.417 e. The summed E-state index contributed by atoms with van der Waals surface area (Å²) in [5, 5.41) is 9.34. The van der Waals surface area contributed by atoms with E-state index in [1.807, 2.05) is 0 Å². The number of halogens is 3. The van der Waals surface area contributed by atoms with Crippen molar-refractivity contribution >= 4 is 9.84 Å². The molecule has 9 heteroatoms. The molecule has 1 N–H and O–H groups in total. The van der Waals surface area contributed by atoms with E-state index in [1.165, 1.54) is 18.2 Å². The van der Waals surface area contributed by atoms with Gasteiger partial charge in [-0.15, -0.1) is 0 Å². The number of sulfone groups is 1. The van der Waals surface area contributed by atoms with Gasteiger partial charge in [0.15, 0.2) is 9.84 Å². The molecular formula is C17H18F3NO4S. The molecular weight excluding hydrogens is 371 g/mol. The van der Waals surface area contributed by atoms with Crippen molar-refractivity contribution in [3.63, 3.8) is 0 Å². The Kier molecular flexibility index (Phi) is 5.92. The third-order valence-corrected chi connectivity index (χ3v) is 4.65. The highest BCUT2D eigenvalue weighted by Crippen LogP contribution is 2.36. The molecule has 1 aromatic heterocycles. The summed E-state index contributed by atoms with van der Waals surface area (Å²) in [6.45, 7) is 1.60. The van der Waals surface area contributed by atoms with Gasteiger partial charge in [-0.25, -0.2) is 8.42 Å². The number of aliphatic hydroxyl groups is 1. The third-order valence-electron chi connectivity index (χ3n) is 3.53. The molecule has 0 aliphatic carbocycles. The largest absolute Gasteiger partial charge is 0.491 e.